The van der Waals surface area contributed by atoms with Crippen LogP contribution in [-0.2, 0) is 16.0 Å². The molecule has 1 aromatic rings. The van der Waals surface area contributed by atoms with Crippen LogP contribution in [0.2, 0.25) is 0 Å². The Balaban J connectivity index is 2.02. The second-order valence-corrected chi connectivity index (χ2v) is 6.55. The van der Waals surface area contributed by atoms with Crippen molar-refractivity contribution in [1.82, 2.24) is 4.90 Å². The van der Waals surface area contributed by atoms with Crippen molar-refractivity contribution in [1.29, 1.82) is 0 Å². The lowest BCUT2D eigenvalue weighted by Crippen LogP contribution is -2.45. The van der Waals surface area contributed by atoms with Gasteiger partial charge in [-0.1, -0.05) is 36.8 Å². The number of nitrogens with zero attached hydrogens (tertiary/aromatic N) is 1. The van der Waals surface area contributed by atoms with Gasteiger partial charge in [0.1, 0.15) is 6.04 Å². The average molecular weight is 307 g/mol. The summed E-state index contributed by atoms with van der Waals surface area (Å²) in [6, 6.07) is 7.40. The fourth-order valence-corrected chi connectivity index (χ4v) is 4.02. The van der Waals surface area contributed by atoms with Gasteiger partial charge in [-0.15, -0.1) is 11.8 Å². The number of carboxylic acids is 1. The molecule has 0 bridgehead atoms. The van der Waals surface area contributed by atoms with Crippen molar-refractivity contribution in [2.75, 3.05) is 5.75 Å². The smallest absolute Gasteiger partial charge is 0.327 e. The van der Waals surface area contributed by atoms with Crippen LogP contribution in [0.5, 0.6) is 0 Å². The van der Waals surface area contributed by atoms with E-state index in [4.69, 9.17) is 0 Å². The number of amides is 1. The van der Waals surface area contributed by atoms with Gasteiger partial charge in [-0.05, 0) is 25.3 Å². The van der Waals surface area contributed by atoms with E-state index in [1.807, 2.05) is 32.0 Å². The number of rotatable bonds is 5. The molecule has 0 saturated carbocycles. The highest BCUT2D eigenvalue weighted by Crippen LogP contribution is 2.32. The first-order valence-electron chi connectivity index (χ1n) is 7.24. The van der Waals surface area contributed by atoms with Crippen molar-refractivity contribution in [3.8, 4) is 0 Å². The Morgan fingerprint density at radius 2 is 2.19 bits per heavy atom. The molecule has 0 radical (unpaired) electrons. The molecule has 1 saturated heterocycles. The van der Waals surface area contributed by atoms with E-state index in [1.54, 1.807) is 16.7 Å². The number of carbonyl (C=O) groups excluding carboxylic acids is 1. The lowest BCUT2D eigenvalue weighted by molar-refractivity contribution is -0.149. The molecule has 1 heterocycles. The molecule has 4 nitrogen and oxygen atoms in total. The number of aliphatic carboxylic acids is 1. The summed E-state index contributed by atoms with van der Waals surface area (Å²) in [6.45, 7) is 4.01. The van der Waals surface area contributed by atoms with Crippen molar-refractivity contribution >= 4 is 23.6 Å². The zero-order valence-electron chi connectivity index (χ0n) is 12.4. The fourth-order valence-electron chi connectivity index (χ4n) is 2.65. The van der Waals surface area contributed by atoms with E-state index in [2.05, 4.69) is 6.07 Å². The lowest BCUT2D eigenvalue weighted by Gasteiger charge is -2.26. The Labute approximate surface area is 129 Å². The van der Waals surface area contributed by atoms with Crippen LogP contribution in [0.15, 0.2) is 24.3 Å². The van der Waals surface area contributed by atoms with Gasteiger partial charge in [-0.2, -0.15) is 0 Å². The van der Waals surface area contributed by atoms with Crippen molar-refractivity contribution in [2.45, 2.75) is 44.5 Å². The van der Waals surface area contributed by atoms with E-state index in [1.165, 1.54) is 5.56 Å². The van der Waals surface area contributed by atoms with Crippen molar-refractivity contribution in [3.63, 3.8) is 0 Å². The molecule has 114 valence electrons. The highest BCUT2D eigenvalue weighted by atomic mass is 32.2. The molecule has 0 spiro atoms. The third-order valence-electron chi connectivity index (χ3n) is 3.72. The quantitative estimate of drug-likeness (QED) is 0.908. The zero-order valence-corrected chi connectivity index (χ0v) is 13.2. The highest BCUT2D eigenvalue weighted by Gasteiger charge is 2.40. The van der Waals surface area contributed by atoms with Gasteiger partial charge in [-0.3, -0.25) is 4.79 Å². The molecule has 1 aromatic carbocycles. The van der Waals surface area contributed by atoms with Gasteiger partial charge in [0.25, 0.3) is 0 Å². The second-order valence-electron chi connectivity index (χ2n) is 5.34. The summed E-state index contributed by atoms with van der Waals surface area (Å²) < 4.78 is 0. The second kappa shape index (κ2) is 6.98. The predicted molar refractivity (Wildman–Crippen MR) is 84.3 cm³/mol. The van der Waals surface area contributed by atoms with E-state index in [9.17, 15) is 14.7 Å². The largest absolute Gasteiger partial charge is 0.480 e. The minimum atomic E-state index is -0.901. The number of carboxylic acid groups (broad SMARTS) is 1. The first kappa shape index (κ1) is 15.9. The molecular weight excluding hydrogens is 286 g/mol. The SMILES string of the molecule is CCC1SCC(C(=O)O)N1C(=O)CCc1cccc(C)c1. The molecule has 2 rings (SSSR count). The topological polar surface area (TPSA) is 57.6 Å². The van der Waals surface area contributed by atoms with Gasteiger partial charge in [0.2, 0.25) is 5.91 Å². The molecule has 0 aliphatic carbocycles. The summed E-state index contributed by atoms with van der Waals surface area (Å²) in [5, 5.41) is 9.26. The van der Waals surface area contributed by atoms with Crippen LogP contribution in [0, 0.1) is 6.92 Å². The predicted octanol–water partition coefficient (Wildman–Crippen LogP) is 2.69. The number of benzene rings is 1. The summed E-state index contributed by atoms with van der Waals surface area (Å²) in [5.74, 6) is -0.465. The first-order chi connectivity index (χ1) is 10.0. The Morgan fingerprint density at radius 1 is 1.43 bits per heavy atom. The number of aryl methyl sites for hydroxylation is 2. The van der Waals surface area contributed by atoms with Crippen LogP contribution < -0.4 is 0 Å². The van der Waals surface area contributed by atoms with Crippen LogP contribution >= 0.6 is 11.8 Å². The molecule has 1 aliphatic rings. The van der Waals surface area contributed by atoms with Crippen LogP contribution in [0.1, 0.15) is 30.9 Å². The molecule has 21 heavy (non-hydrogen) atoms. The van der Waals surface area contributed by atoms with E-state index in [-0.39, 0.29) is 11.3 Å². The number of hydrogen-bond donors (Lipinski definition) is 1. The monoisotopic (exact) mass is 307 g/mol. The summed E-state index contributed by atoms with van der Waals surface area (Å²) in [5.41, 5.74) is 2.29. The summed E-state index contributed by atoms with van der Waals surface area (Å²) in [6.07, 6.45) is 1.80. The van der Waals surface area contributed by atoms with Crippen LogP contribution in [0.4, 0.5) is 0 Å². The zero-order chi connectivity index (χ0) is 15.4. The van der Waals surface area contributed by atoms with E-state index in [0.717, 1.165) is 12.0 Å². The third-order valence-corrected chi connectivity index (χ3v) is 5.18. The van der Waals surface area contributed by atoms with Crippen molar-refractivity contribution < 1.29 is 14.7 Å². The van der Waals surface area contributed by atoms with Crippen LogP contribution in [-0.4, -0.2) is 39.1 Å². The third kappa shape index (κ3) is 3.79. The minimum Gasteiger partial charge on any atom is -0.480 e. The van der Waals surface area contributed by atoms with E-state index < -0.39 is 12.0 Å². The first-order valence-corrected chi connectivity index (χ1v) is 8.29. The summed E-state index contributed by atoms with van der Waals surface area (Å²) in [7, 11) is 0. The lowest BCUT2D eigenvalue weighted by atomic mass is 10.1. The Morgan fingerprint density at radius 3 is 2.81 bits per heavy atom. The molecule has 1 fully saturated rings. The van der Waals surface area contributed by atoms with Gasteiger partial charge in [0.05, 0.1) is 5.37 Å². The molecule has 1 aliphatic heterocycles. The Bertz CT molecular complexity index is 532. The van der Waals surface area contributed by atoms with Gasteiger partial charge in [0, 0.05) is 12.2 Å². The molecule has 2 unspecified atom stereocenters. The van der Waals surface area contributed by atoms with Crippen molar-refractivity contribution in [3.05, 3.63) is 35.4 Å². The number of thioether (sulfide) groups is 1. The molecular formula is C16H21NO3S. The fraction of sp³-hybridized carbons (Fsp3) is 0.500. The maximum Gasteiger partial charge on any atom is 0.327 e. The van der Waals surface area contributed by atoms with Gasteiger partial charge < -0.3 is 10.0 Å². The maximum atomic E-state index is 12.4. The standard InChI is InChI=1S/C16H21NO3S/c1-3-15-17(13(10-21-15)16(19)20)14(18)8-7-12-6-4-5-11(2)9-12/h4-6,9,13,15H,3,7-8,10H2,1-2H3,(H,19,20). The number of hydrogen-bond acceptors (Lipinski definition) is 3. The normalized spacial score (nSPS) is 21.5. The average Bonchev–Trinajstić information content (AvgIpc) is 2.89. The molecule has 1 amide bonds. The van der Waals surface area contributed by atoms with Gasteiger partial charge >= 0.3 is 5.97 Å². The molecule has 0 aromatic heterocycles. The molecule has 2 atom stereocenters. The summed E-state index contributed by atoms with van der Waals surface area (Å²) >= 11 is 1.56. The maximum absolute atomic E-state index is 12.4. The number of carbonyl (C=O) groups is 2. The van der Waals surface area contributed by atoms with E-state index in [0.29, 0.717) is 18.6 Å². The Hall–Kier alpha value is -1.49. The van der Waals surface area contributed by atoms with Crippen molar-refractivity contribution in [2.24, 2.45) is 0 Å². The molecule has 5 heteroatoms. The Kier molecular flexibility index (Phi) is 5.28. The molecule has 1 N–H and O–H groups in total. The van der Waals surface area contributed by atoms with Gasteiger partial charge in [-0.25, -0.2) is 4.79 Å². The van der Waals surface area contributed by atoms with Crippen LogP contribution in [0.25, 0.3) is 0 Å². The summed E-state index contributed by atoms with van der Waals surface area (Å²) in [4.78, 5) is 25.3. The van der Waals surface area contributed by atoms with E-state index >= 15 is 0 Å². The highest BCUT2D eigenvalue weighted by molar-refractivity contribution is 8.00. The van der Waals surface area contributed by atoms with Gasteiger partial charge in [0.15, 0.2) is 0 Å². The van der Waals surface area contributed by atoms with Crippen LogP contribution in [0.3, 0.4) is 0 Å². The minimum absolute atomic E-state index is 0.00360.